The van der Waals surface area contributed by atoms with E-state index in [9.17, 15) is 20.1 Å². The number of phenols is 1. The molecule has 0 radical (unpaired) electrons. The van der Waals surface area contributed by atoms with Crippen LogP contribution in [0.1, 0.15) is 96.1 Å². The highest BCUT2D eigenvalue weighted by atomic mass is 16.5. The highest BCUT2D eigenvalue weighted by molar-refractivity contribution is 5.77. The second-order valence-corrected chi connectivity index (χ2v) is 12.9. The number of benzene rings is 1. The maximum absolute atomic E-state index is 12.2. The first-order valence-corrected chi connectivity index (χ1v) is 16.7. The van der Waals surface area contributed by atoms with Gasteiger partial charge < -0.3 is 41.2 Å². The van der Waals surface area contributed by atoms with Gasteiger partial charge in [-0.1, -0.05) is 39.0 Å². The van der Waals surface area contributed by atoms with Crippen molar-refractivity contribution in [1.82, 2.24) is 10.6 Å². The fourth-order valence-corrected chi connectivity index (χ4v) is 6.56. The average Bonchev–Trinajstić information content (AvgIpc) is 3.02. The number of phenolic OH excluding ortho intramolecular Hbond substituents is 1. The largest absolute Gasteiger partial charge is 0.504 e. The van der Waals surface area contributed by atoms with Crippen LogP contribution in [0.4, 0.5) is 0 Å². The van der Waals surface area contributed by atoms with Crippen LogP contribution in [-0.2, 0) is 22.6 Å². The first kappa shape index (κ1) is 36.5. The van der Waals surface area contributed by atoms with Crippen LogP contribution in [0.3, 0.4) is 0 Å². The van der Waals surface area contributed by atoms with Crippen LogP contribution in [0, 0.1) is 29.1 Å². The van der Waals surface area contributed by atoms with Crippen molar-refractivity contribution < 1.29 is 29.6 Å². The lowest BCUT2D eigenvalue weighted by atomic mass is 9.69. The molecule has 1 aliphatic heterocycles. The number of guanidine groups is 1. The van der Waals surface area contributed by atoms with E-state index in [0.717, 1.165) is 57.2 Å². The van der Waals surface area contributed by atoms with Crippen molar-refractivity contribution in [2.45, 2.75) is 116 Å². The lowest BCUT2D eigenvalue weighted by Gasteiger charge is -2.37. The zero-order valence-electron chi connectivity index (χ0n) is 27.7. The van der Waals surface area contributed by atoms with Crippen LogP contribution in [0.2, 0.25) is 0 Å². The Kier molecular flexibility index (Phi) is 14.8. The number of piperidine rings is 1. The van der Waals surface area contributed by atoms with Crippen molar-refractivity contribution in [3.8, 4) is 23.3 Å². The van der Waals surface area contributed by atoms with Gasteiger partial charge in [0, 0.05) is 39.3 Å². The topological polar surface area (TPSA) is 159 Å². The number of hydrogen-bond donors (Lipinski definition) is 6. The van der Waals surface area contributed by atoms with Crippen LogP contribution in [0.15, 0.2) is 17.1 Å². The Bertz CT molecular complexity index is 1170. The molecule has 1 saturated heterocycles. The Hall–Kier alpha value is -3.00. The van der Waals surface area contributed by atoms with Crippen molar-refractivity contribution in [2.75, 3.05) is 26.7 Å². The number of nitrogens with two attached hydrogens (primary N) is 1. The summed E-state index contributed by atoms with van der Waals surface area (Å²) in [6.45, 7) is 7.77. The third kappa shape index (κ3) is 11.1. The number of rotatable bonds is 13. The number of carbonyl (C=O) groups excluding carboxylic acids is 1. The first-order valence-electron chi connectivity index (χ1n) is 16.7. The Morgan fingerprint density at radius 2 is 2.00 bits per heavy atom. The van der Waals surface area contributed by atoms with Crippen molar-refractivity contribution >= 4 is 11.9 Å². The summed E-state index contributed by atoms with van der Waals surface area (Å²) in [5.41, 5.74) is 6.98. The van der Waals surface area contributed by atoms with Crippen molar-refractivity contribution in [3.63, 3.8) is 0 Å². The molecule has 10 heteroatoms. The van der Waals surface area contributed by atoms with Gasteiger partial charge in [-0.3, -0.25) is 9.79 Å². The minimum atomic E-state index is -0.702. The van der Waals surface area contributed by atoms with Gasteiger partial charge in [-0.2, -0.15) is 0 Å². The summed E-state index contributed by atoms with van der Waals surface area (Å²) in [7, 11) is 1.65. The number of unbranched alkanes of at least 4 members (excludes halogenated alkanes) is 2. The molecule has 0 amide bonds. The molecule has 1 aromatic carbocycles. The van der Waals surface area contributed by atoms with Crippen molar-refractivity contribution in [3.05, 3.63) is 23.3 Å². The summed E-state index contributed by atoms with van der Waals surface area (Å²) in [6, 6.07) is 3.36. The number of aliphatic imine (C=N–C) groups is 1. The van der Waals surface area contributed by atoms with E-state index in [1.54, 1.807) is 19.2 Å². The fraction of sp³-hybridized carbons (Fsp3) is 0.714. The molecule has 1 aromatic rings. The highest BCUT2D eigenvalue weighted by Gasteiger charge is 2.37. The molecule has 0 bridgehead atoms. The molecular formula is C35H56N4O6. The van der Waals surface area contributed by atoms with E-state index in [4.69, 9.17) is 15.2 Å². The van der Waals surface area contributed by atoms with Gasteiger partial charge in [-0.15, -0.1) is 5.92 Å². The molecule has 10 nitrogen and oxygen atoms in total. The normalized spacial score (nSPS) is 25.5. The fourth-order valence-electron chi connectivity index (χ4n) is 6.56. The molecule has 2 aliphatic rings. The second kappa shape index (κ2) is 18.2. The van der Waals surface area contributed by atoms with Gasteiger partial charge in [0.1, 0.15) is 12.2 Å². The van der Waals surface area contributed by atoms with Crippen LogP contribution in [0.25, 0.3) is 0 Å². The minimum Gasteiger partial charge on any atom is -0.504 e. The standard InChI is InChI=1S/C35H56N4O6/c1-5-6-7-9-24(2)35(23-39-34(36)37-4)14-8-10-26(32(44-25(3)41)21-29(42)11-15-35)18-27-20-33(31(43)19-28(27)22-40)45-30-12-16-38-17-13-30/h19-20,24,26,29-30,32,38,40,42-43H,5-7,9-13,15-18,21-23H2,1-4H3,(H3,36,37,39)/t24-,26+,29-,32-,35+/m0/s1. The minimum absolute atomic E-state index is 0.0109. The zero-order valence-corrected chi connectivity index (χ0v) is 27.7. The molecule has 45 heavy (non-hydrogen) atoms. The van der Waals surface area contributed by atoms with Gasteiger partial charge >= 0.3 is 5.97 Å². The number of carbonyl (C=O) groups is 1. The van der Waals surface area contributed by atoms with E-state index in [1.807, 2.05) is 0 Å². The smallest absolute Gasteiger partial charge is 0.302 e. The summed E-state index contributed by atoms with van der Waals surface area (Å²) < 4.78 is 12.0. The molecule has 1 heterocycles. The molecular weight excluding hydrogens is 572 g/mol. The SMILES string of the molecule is CCCCC[C@H](C)[C@]1(CNC(N)=NC)C#CC[C@H](Cc2cc(OC3CCNCC3)c(O)cc2CO)[C@@H](OC(C)=O)C[C@@H](O)CC1. The number of ether oxygens (including phenoxy) is 2. The predicted octanol–water partition coefficient (Wildman–Crippen LogP) is 3.78. The van der Waals surface area contributed by atoms with E-state index in [1.165, 1.54) is 6.92 Å². The van der Waals surface area contributed by atoms with Gasteiger partial charge in [-0.05, 0) is 80.8 Å². The Balaban J connectivity index is 1.99. The summed E-state index contributed by atoms with van der Waals surface area (Å²) in [5.74, 6) is 7.40. The number of aromatic hydroxyl groups is 1. The maximum Gasteiger partial charge on any atom is 0.302 e. The number of esters is 1. The number of aliphatic hydroxyl groups excluding tert-OH is 2. The number of nitrogens with zero attached hydrogens (tertiary/aromatic N) is 1. The number of aliphatic hydroxyl groups is 2. The van der Waals surface area contributed by atoms with Crippen molar-refractivity contribution in [2.24, 2.45) is 28.0 Å². The first-order chi connectivity index (χ1) is 21.6. The van der Waals surface area contributed by atoms with Gasteiger partial charge in [0.05, 0.1) is 18.1 Å². The monoisotopic (exact) mass is 628 g/mol. The van der Waals surface area contributed by atoms with Crippen LogP contribution >= 0.6 is 0 Å². The average molecular weight is 629 g/mol. The molecule has 7 N–H and O–H groups in total. The molecule has 0 spiro atoms. The third-order valence-electron chi connectivity index (χ3n) is 9.50. The molecule has 1 fully saturated rings. The molecule has 0 unspecified atom stereocenters. The van der Waals surface area contributed by atoms with E-state index in [2.05, 4.69) is 41.3 Å². The number of hydrogen-bond acceptors (Lipinski definition) is 8. The van der Waals surface area contributed by atoms with E-state index >= 15 is 0 Å². The van der Waals surface area contributed by atoms with Gasteiger partial charge in [0.25, 0.3) is 0 Å². The molecule has 0 saturated carbocycles. The van der Waals surface area contributed by atoms with Crippen LogP contribution in [-0.4, -0.2) is 72.2 Å². The van der Waals surface area contributed by atoms with Gasteiger partial charge in [0.2, 0.25) is 0 Å². The molecule has 5 atom stereocenters. The molecule has 252 valence electrons. The maximum atomic E-state index is 12.2. The van der Waals surface area contributed by atoms with Crippen molar-refractivity contribution in [1.29, 1.82) is 0 Å². The lowest BCUT2D eigenvalue weighted by Crippen LogP contribution is -2.44. The summed E-state index contributed by atoms with van der Waals surface area (Å²) in [6.07, 6.45) is 7.07. The Morgan fingerprint density at radius 1 is 1.24 bits per heavy atom. The summed E-state index contributed by atoms with van der Waals surface area (Å²) >= 11 is 0. The second-order valence-electron chi connectivity index (χ2n) is 12.9. The zero-order chi connectivity index (χ0) is 32.8. The molecule has 3 rings (SSSR count). The third-order valence-corrected chi connectivity index (χ3v) is 9.50. The Morgan fingerprint density at radius 3 is 2.67 bits per heavy atom. The number of nitrogens with one attached hydrogen (secondary N) is 2. The molecule has 1 aliphatic carbocycles. The van der Waals surface area contributed by atoms with Gasteiger partial charge in [0.15, 0.2) is 17.5 Å². The summed E-state index contributed by atoms with van der Waals surface area (Å²) in [5, 5.41) is 38.8. The predicted molar refractivity (Wildman–Crippen MR) is 177 cm³/mol. The van der Waals surface area contributed by atoms with E-state index in [-0.39, 0.29) is 36.7 Å². The van der Waals surface area contributed by atoms with Gasteiger partial charge in [-0.25, -0.2) is 0 Å². The lowest BCUT2D eigenvalue weighted by molar-refractivity contribution is -0.151. The van der Waals surface area contributed by atoms with Crippen LogP contribution < -0.4 is 21.1 Å². The van der Waals surface area contributed by atoms with E-state index < -0.39 is 23.6 Å². The summed E-state index contributed by atoms with van der Waals surface area (Å²) in [4.78, 5) is 16.3. The van der Waals surface area contributed by atoms with Crippen LogP contribution in [0.5, 0.6) is 11.5 Å². The quantitative estimate of drug-likeness (QED) is 0.0629. The van der Waals surface area contributed by atoms with E-state index in [0.29, 0.717) is 49.5 Å². The Labute approximate surface area is 269 Å². The molecule has 0 aromatic heterocycles. The highest BCUT2D eigenvalue weighted by Crippen LogP contribution is 2.39.